The van der Waals surface area contributed by atoms with Crippen LogP contribution < -0.4 is 21.1 Å². The van der Waals surface area contributed by atoms with Crippen molar-refractivity contribution in [1.29, 1.82) is 0 Å². The van der Waals surface area contributed by atoms with Gasteiger partial charge < -0.3 is 20.6 Å². The maximum atomic E-state index is 14.4. The van der Waals surface area contributed by atoms with Crippen LogP contribution in [-0.2, 0) is 0 Å². The molecule has 1 spiro atoms. The maximum absolute atomic E-state index is 14.4. The molecule has 1 aliphatic heterocycles. The molecule has 2 fully saturated rings. The molecule has 41 heavy (non-hydrogen) atoms. The second-order valence-corrected chi connectivity index (χ2v) is 10.7. The second kappa shape index (κ2) is 9.64. The number of para-hydroxylation sites is 1. The minimum absolute atomic E-state index is 0.00657. The highest BCUT2D eigenvalue weighted by atomic mass is 19.1. The van der Waals surface area contributed by atoms with Crippen molar-refractivity contribution in [2.75, 3.05) is 23.3 Å². The normalized spacial score (nSPS) is 17.4. The van der Waals surface area contributed by atoms with E-state index < -0.39 is 34.9 Å². The number of nitrogens with one attached hydrogen (secondary N) is 2. The first-order valence-corrected chi connectivity index (χ1v) is 13.1. The van der Waals surface area contributed by atoms with Crippen molar-refractivity contribution in [1.82, 2.24) is 30.1 Å². The molecule has 2 aliphatic rings. The zero-order chi connectivity index (χ0) is 29.1. The van der Waals surface area contributed by atoms with Crippen molar-refractivity contribution in [2.24, 2.45) is 5.41 Å². The Balaban J connectivity index is 1.40. The van der Waals surface area contributed by atoms with E-state index in [-0.39, 0.29) is 23.2 Å². The average molecular weight is 565 g/mol. The molecule has 2 aromatic carbocycles. The highest BCUT2D eigenvalue weighted by Crippen LogP contribution is 2.54. The standard InChI is InChI=1S/C27H26F2N8O4/c1-14(2)36-19-8-6-17(24(22(19)32-34-36)35-12-20(31-26(40)41)27(13-35)10-11-27)30-25(39)18-7-9-21(38)37(33-18)23-15(28)4-3-5-16(23)29/h3-9,14,20,31H,10-13H2,1-2H3,(H,30,39)(H,40,41)/t20-/m0/s1. The van der Waals surface area contributed by atoms with Gasteiger partial charge in [0.05, 0.1) is 22.9 Å². The van der Waals surface area contributed by atoms with Crippen molar-refractivity contribution < 1.29 is 23.5 Å². The minimum Gasteiger partial charge on any atom is -0.465 e. The molecule has 1 saturated heterocycles. The molecule has 4 aromatic rings. The average Bonchev–Trinajstić information content (AvgIpc) is 3.43. The lowest BCUT2D eigenvalue weighted by atomic mass is 10.0. The lowest BCUT2D eigenvalue weighted by Gasteiger charge is -2.23. The van der Waals surface area contributed by atoms with Gasteiger partial charge in [0, 0.05) is 30.6 Å². The van der Waals surface area contributed by atoms with Crippen LogP contribution in [0.15, 0.2) is 47.3 Å². The summed E-state index contributed by atoms with van der Waals surface area (Å²) in [7, 11) is 0. The monoisotopic (exact) mass is 564 g/mol. The van der Waals surface area contributed by atoms with Crippen LogP contribution in [0.3, 0.4) is 0 Å². The predicted octanol–water partition coefficient (Wildman–Crippen LogP) is 3.33. The molecule has 12 nitrogen and oxygen atoms in total. The van der Waals surface area contributed by atoms with Crippen LogP contribution in [-0.4, -0.2) is 61.0 Å². The van der Waals surface area contributed by atoms with Crippen LogP contribution in [0.2, 0.25) is 0 Å². The third kappa shape index (κ3) is 4.54. The van der Waals surface area contributed by atoms with Gasteiger partial charge in [-0.05, 0) is 57.0 Å². The SMILES string of the molecule is CC(C)n1nnc2c(N3C[C@H](NC(=O)O)C4(CC4)C3)c(NC(=O)c3ccc(=O)n(-c4c(F)cccc4F)n3)ccc21. The van der Waals surface area contributed by atoms with Crippen LogP contribution in [0.1, 0.15) is 43.2 Å². The Morgan fingerprint density at radius 3 is 2.46 bits per heavy atom. The van der Waals surface area contributed by atoms with Gasteiger partial charge >= 0.3 is 6.09 Å². The Morgan fingerprint density at radius 1 is 1.07 bits per heavy atom. The summed E-state index contributed by atoms with van der Waals surface area (Å²) in [6, 6.07) is 8.47. The summed E-state index contributed by atoms with van der Waals surface area (Å²) >= 11 is 0. The summed E-state index contributed by atoms with van der Waals surface area (Å²) in [6.07, 6.45) is 0.624. The van der Waals surface area contributed by atoms with E-state index in [4.69, 9.17) is 0 Å². The third-order valence-electron chi connectivity index (χ3n) is 7.69. The highest BCUT2D eigenvalue weighted by Gasteiger charge is 2.56. The zero-order valence-electron chi connectivity index (χ0n) is 22.1. The molecule has 1 atom stereocenters. The topological polar surface area (TPSA) is 147 Å². The van der Waals surface area contributed by atoms with Gasteiger partial charge in [-0.1, -0.05) is 11.3 Å². The number of anilines is 2. The van der Waals surface area contributed by atoms with Gasteiger partial charge in [0.25, 0.3) is 11.5 Å². The number of rotatable bonds is 6. The molecule has 0 bridgehead atoms. The molecule has 212 valence electrons. The van der Waals surface area contributed by atoms with Crippen LogP contribution >= 0.6 is 0 Å². The Hall–Kier alpha value is -4.88. The molecule has 3 heterocycles. The summed E-state index contributed by atoms with van der Waals surface area (Å²) in [6.45, 7) is 4.83. The van der Waals surface area contributed by atoms with Gasteiger partial charge in [-0.25, -0.2) is 18.3 Å². The maximum Gasteiger partial charge on any atom is 0.404 e. The van der Waals surface area contributed by atoms with E-state index >= 15 is 0 Å². The molecule has 0 radical (unpaired) electrons. The summed E-state index contributed by atoms with van der Waals surface area (Å²) in [4.78, 5) is 39.3. The van der Waals surface area contributed by atoms with E-state index in [1.54, 1.807) is 16.8 Å². The number of carbonyl (C=O) groups excluding carboxylic acids is 1. The number of hydrogen-bond acceptors (Lipinski definition) is 7. The minimum atomic E-state index is -1.10. The van der Waals surface area contributed by atoms with Crippen molar-refractivity contribution in [3.05, 3.63) is 70.1 Å². The van der Waals surface area contributed by atoms with E-state index in [0.29, 0.717) is 34.7 Å². The van der Waals surface area contributed by atoms with Crippen LogP contribution in [0.25, 0.3) is 16.7 Å². The smallest absolute Gasteiger partial charge is 0.404 e. The quantitative estimate of drug-likeness (QED) is 0.323. The molecular formula is C27H26F2N8O4. The van der Waals surface area contributed by atoms with E-state index in [9.17, 15) is 28.3 Å². The molecule has 2 aromatic heterocycles. The number of carboxylic acid groups (broad SMARTS) is 1. The third-order valence-corrected chi connectivity index (χ3v) is 7.69. The number of amides is 2. The summed E-state index contributed by atoms with van der Waals surface area (Å²) < 4.78 is 31.1. The van der Waals surface area contributed by atoms with E-state index in [1.807, 2.05) is 18.7 Å². The number of aromatic nitrogens is 5. The number of nitrogens with zero attached hydrogens (tertiary/aromatic N) is 6. The van der Waals surface area contributed by atoms with Gasteiger partial charge in [0.1, 0.15) is 16.9 Å². The highest BCUT2D eigenvalue weighted by molar-refractivity contribution is 6.08. The van der Waals surface area contributed by atoms with Gasteiger partial charge in [-0.15, -0.1) is 5.10 Å². The van der Waals surface area contributed by atoms with Gasteiger partial charge in [-0.2, -0.15) is 9.78 Å². The molecule has 6 rings (SSSR count). The lowest BCUT2D eigenvalue weighted by Crippen LogP contribution is -2.40. The number of fused-ring (bicyclic) bond motifs is 1. The molecule has 1 saturated carbocycles. The summed E-state index contributed by atoms with van der Waals surface area (Å²) in [5.41, 5.74) is 0.207. The molecule has 1 aliphatic carbocycles. The Kier molecular flexibility index (Phi) is 6.20. The van der Waals surface area contributed by atoms with Crippen LogP contribution in [0, 0.1) is 17.0 Å². The Labute approximate surface area is 231 Å². The fourth-order valence-corrected chi connectivity index (χ4v) is 5.52. The van der Waals surface area contributed by atoms with Crippen molar-refractivity contribution >= 4 is 34.4 Å². The van der Waals surface area contributed by atoms with Crippen LogP contribution in [0.4, 0.5) is 25.0 Å². The lowest BCUT2D eigenvalue weighted by molar-refractivity contribution is 0.102. The molecule has 14 heteroatoms. The molecule has 2 amide bonds. The van der Waals surface area contributed by atoms with Crippen molar-refractivity contribution in [2.45, 2.75) is 38.8 Å². The number of carbonyl (C=O) groups is 2. The zero-order valence-corrected chi connectivity index (χ0v) is 22.1. The van der Waals surface area contributed by atoms with Gasteiger partial charge in [0.2, 0.25) is 0 Å². The van der Waals surface area contributed by atoms with Crippen molar-refractivity contribution in [3.63, 3.8) is 0 Å². The van der Waals surface area contributed by atoms with E-state index in [2.05, 4.69) is 26.0 Å². The number of hydrogen-bond donors (Lipinski definition) is 3. The second-order valence-electron chi connectivity index (χ2n) is 10.7. The van der Waals surface area contributed by atoms with Gasteiger partial charge in [0.15, 0.2) is 11.6 Å². The van der Waals surface area contributed by atoms with Crippen molar-refractivity contribution in [3.8, 4) is 5.69 Å². The first-order valence-electron chi connectivity index (χ1n) is 13.1. The van der Waals surface area contributed by atoms with E-state index in [0.717, 1.165) is 42.6 Å². The number of halogens is 2. The van der Waals surface area contributed by atoms with Gasteiger partial charge in [-0.3, -0.25) is 9.59 Å². The molecule has 0 unspecified atom stereocenters. The Morgan fingerprint density at radius 2 is 1.80 bits per heavy atom. The van der Waals surface area contributed by atoms with Crippen LogP contribution in [0.5, 0.6) is 0 Å². The summed E-state index contributed by atoms with van der Waals surface area (Å²) in [5, 5.41) is 27.5. The molecule has 3 N–H and O–H groups in total. The first-order chi connectivity index (χ1) is 19.6. The fourth-order valence-electron chi connectivity index (χ4n) is 5.52. The fraction of sp³-hybridized carbons (Fsp3) is 0.333. The molecular weight excluding hydrogens is 538 g/mol. The largest absolute Gasteiger partial charge is 0.465 e. The van der Waals surface area contributed by atoms with E-state index in [1.165, 1.54) is 6.07 Å². The first kappa shape index (κ1) is 26.3. The number of benzene rings is 2. The predicted molar refractivity (Wildman–Crippen MR) is 144 cm³/mol. The Bertz CT molecular complexity index is 1740. The summed E-state index contributed by atoms with van der Waals surface area (Å²) in [5.74, 6) is -2.75.